The highest BCUT2D eigenvalue weighted by atomic mass is 32.2. The van der Waals surface area contributed by atoms with Crippen molar-refractivity contribution < 1.29 is 13.5 Å². The second kappa shape index (κ2) is 3.95. The maximum absolute atomic E-state index is 11.3. The van der Waals surface area contributed by atoms with E-state index in [1.54, 1.807) is 24.3 Å². The van der Waals surface area contributed by atoms with Crippen LogP contribution in [-0.4, -0.2) is 37.2 Å². The van der Waals surface area contributed by atoms with Crippen LogP contribution >= 0.6 is 0 Å². The summed E-state index contributed by atoms with van der Waals surface area (Å²) in [5.41, 5.74) is 6.94. The van der Waals surface area contributed by atoms with Crippen LogP contribution in [-0.2, 0) is 9.84 Å². The molecule has 5 nitrogen and oxygen atoms in total. The largest absolute Gasteiger partial charge is 0.399 e. The highest BCUT2D eigenvalue weighted by Crippen LogP contribution is 2.18. The molecule has 1 heterocycles. The van der Waals surface area contributed by atoms with E-state index in [1.807, 2.05) is 0 Å². The Balaban J connectivity index is 2.08. The predicted molar refractivity (Wildman–Crippen MR) is 62.9 cm³/mol. The van der Waals surface area contributed by atoms with Gasteiger partial charge >= 0.3 is 0 Å². The highest BCUT2D eigenvalue weighted by Gasteiger charge is 2.36. The van der Waals surface area contributed by atoms with Crippen molar-refractivity contribution in [1.82, 2.24) is 0 Å². The van der Waals surface area contributed by atoms with Crippen LogP contribution in [0.4, 0.5) is 11.4 Å². The molecule has 0 radical (unpaired) electrons. The lowest BCUT2D eigenvalue weighted by molar-refractivity contribution is 0.190. The quantitative estimate of drug-likeness (QED) is 0.627. The average Bonchev–Trinajstić information content (AvgIpc) is 2.44. The molecule has 0 bridgehead atoms. The van der Waals surface area contributed by atoms with E-state index in [0.717, 1.165) is 5.69 Å². The number of nitrogen functional groups attached to an aromatic ring is 1. The van der Waals surface area contributed by atoms with E-state index in [0.29, 0.717) is 5.69 Å². The Hall–Kier alpha value is -1.27. The Bertz CT molecular complexity index is 469. The number of rotatable bonds is 2. The molecule has 1 aromatic rings. The van der Waals surface area contributed by atoms with Gasteiger partial charge in [0.25, 0.3) is 0 Å². The monoisotopic (exact) mass is 242 g/mol. The Kier molecular flexibility index (Phi) is 2.77. The van der Waals surface area contributed by atoms with E-state index < -0.39 is 22.0 Å². The Morgan fingerprint density at radius 1 is 1.25 bits per heavy atom. The summed E-state index contributed by atoms with van der Waals surface area (Å²) in [5, 5.41) is 12.6. The number of sulfone groups is 1. The van der Waals surface area contributed by atoms with Crippen LogP contribution in [0, 0.1) is 0 Å². The topological polar surface area (TPSA) is 92.4 Å². The van der Waals surface area contributed by atoms with Crippen LogP contribution in [0.2, 0.25) is 0 Å². The van der Waals surface area contributed by atoms with E-state index in [1.165, 1.54) is 0 Å². The van der Waals surface area contributed by atoms with Gasteiger partial charge < -0.3 is 16.2 Å². The van der Waals surface area contributed by atoms with Crippen molar-refractivity contribution in [2.24, 2.45) is 0 Å². The van der Waals surface area contributed by atoms with Gasteiger partial charge in [-0.2, -0.15) is 0 Å². The number of nitrogens with two attached hydrogens (primary N) is 1. The molecular formula is C10H14N2O3S. The van der Waals surface area contributed by atoms with E-state index in [-0.39, 0.29) is 11.5 Å². The third kappa shape index (κ3) is 2.45. The van der Waals surface area contributed by atoms with Crippen LogP contribution < -0.4 is 11.1 Å². The third-order valence-corrected chi connectivity index (χ3v) is 4.30. The zero-order valence-electron chi connectivity index (χ0n) is 8.63. The fraction of sp³-hybridized carbons (Fsp3) is 0.400. The van der Waals surface area contributed by atoms with E-state index >= 15 is 0 Å². The van der Waals surface area contributed by atoms with Crippen molar-refractivity contribution in [3.8, 4) is 0 Å². The van der Waals surface area contributed by atoms with Gasteiger partial charge in [0.15, 0.2) is 9.84 Å². The van der Waals surface area contributed by atoms with Gasteiger partial charge in [0.2, 0.25) is 0 Å². The lowest BCUT2D eigenvalue weighted by atomic mass is 10.2. The lowest BCUT2D eigenvalue weighted by Gasteiger charge is -2.16. The van der Waals surface area contributed by atoms with Gasteiger partial charge in [-0.1, -0.05) is 0 Å². The molecule has 1 aromatic carbocycles. The van der Waals surface area contributed by atoms with Crippen molar-refractivity contribution in [1.29, 1.82) is 0 Å². The molecule has 1 aliphatic rings. The number of aliphatic hydroxyl groups excluding tert-OH is 1. The van der Waals surface area contributed by atoms with E-state index in [2.05, 4.69) is 5.32 Å². The van der Waals surface area contributed by atoms with Gasteiger partial charge in [0.1, 0.15) is 0 Å². The Morgan fingerprint density at radius 3 is 2.38 bits per heavy atom. The summed E-state index contributed by atoms with van der Waals surface area (Å²) < 4.78 is 22.6. The molecule has 0 aliphatic carbocycles. The molecule has 4 N–H and O–H groups in total. The number of anilines is 2. The summed E-state index contributed by atoms with van der Waals surface area (Å²) >= 11 is 0. The molecule has 1 aliphatic heterocycles. The molecule has 0 spiro atoms. The third-order valence-electron chi connectivity index (χ3n) is 2.59. The van der Waals surface area contributed by atoms with E-state index in [4.69, 9.17) is 5.73 Å². The highest BCUT2D eigenvalue weighted by molar-refractivity contribution is 7.91. The minimum atomic E-state index is -3.11. The van der Waals surface area contributed by atoms with Gasteiger partial charge in [-0.3, -0.25) is 0 Å². The molecular weight excluding hydrogens is 228 g/mol. The molecule has 2 rings (SSSR count). The first-order valence-corrected chi connectivity index (χ1v) is 6.79. The molecule has 0 saturated carbocycles. The van der Waals surface area contributed by atoms with Crippen molar-refractivity contribution >= 4 is 21.2 Å². The normalized spacial score (nSPS) is 27.8. The maximum Gasteiger partial charge on any atom is 0.155 e. The van der Waals surface area contributed by atoms with Gasteiger partial charge in [-0.15, -0.1) is 0 Å². The van der Waals surface area contributed by atoms with Gasteiger partial charge in [-0.25, -0.2) is 8.42 Å². The minimum absolute atomic E-state index is 0.0292. The summed E-state index contributed by atoms with van der Waals surface area (Å²) in [6.07, 6.45) is -0.845. The zero-order valence-corrected chi connectivity index (χ0v) is 9.44. The number of hydrogen-bond donors (Lipinski definition) is 3. The Morgan fingerprint density at radius 2 is 1.88 bits per heavy atom. The smallest absolute Gasteiger partial charge is 0.155 e. The van der Waals surface area contributed by atoms with Crippen LogP contribution in [0.1, 0.15) is 0 Å². The summed E-state index contributed by atoms with van der Waals surface area (Å²) in [5.74, 6) is -0.196. The molecule has 6 heteroatoms. The second-order valence-corrected chi connectivity index (χ2v) is 6.17. The first-order chi connectivity index (χ1) is 7.46. The fourth-order valence-corrected chi connectivity index (χ4v) is 3.50. The average molecular weight is 242 g/mol. The molecule has 0 aromatic heterocycles. The van der Waals surface area contributed by atoms with Gasteiger partial charge in [0, 0.05) is 11.4 Å². The minimum Gasteiger partial charge on any atom is -0.399 e. The fourth-order valence-electron chi connectivity index (χ4n) is 1.76. The van der Waals surface area contributed by atoms with Crippen LogP contribution in [0.3, 0.4) is 0 Å². The number of aliphatic hydroxyl groups is 1. The van der Waals surface area contributed by atoms with Gasteiger partial charge in [0.05, 0.1) is 23.7 Å². The molecule has 1 saturated heterocycles. The zero-order chi connectivity index (χ0) is 11.8. The number of benzene rings is 1. The van der Waals surface area contributed by atoms with Crippen molar-refractivity contribution in [3.05, 3.63) is 24.3 Å². The van der Waals surface area contributed by atoms with Gasteiger partial charge in [-0.05, 0) is 24.3 Å². The van der Waals surface area contributed by atoms with Crippen molar-refractivity contribution in [3.63, 3.8) is 0 Å². The molecule has 1 fully saturated rings. The summed E-state index contributed by atoms with van der Waals surface area (Å²) in [4.78, 5) is 0. The predicted octanol–water partition coefficient (Wildman–Crippen LogP) is -0.161. The van der Waals surface area contributed by atoms with Crippen molar-refractivity contribution in [2.75, 3.05) is 22.6 Å². The first kappa shape index (κ1) is 11.2. The summed E-state index contributed by atoms with van der Waals surface area (Å²) in [7, 11) is -3.11. The molecule has 88 valence electrons. The van der Waals surface area contributed by atoms with Crippen molar-refractivity contribution in [2.45, 2.75) is 12.1 Å². The second-order valence-electron chi connectivity index (χ2n) is 4.02. The first-order valence-electron chi connectivity index (χ1n) is 4.97. The van der Waals surface area contributed by atoms with Crippen LogP contribution in [0.25, 0.3) is 0 Å². The van der Waals surface area contributed by atoms with Crippen LogP contribution in [0.5, 0.6) is 0 Å². The van der Waals surface area contributed by atoms with Crippen LogP contribution in [0.15, 0.2) is 24.3 Å². The summed E-state index contributed by atoms with van der Waals surface area (Å²) in [6, 6.07) is 6.52. The SMILES string of the molecule is Nc1ccc(NC2CS(=O)(=O)CC2O)cc1. The van der Waals surface area contributed by atoms with E-state index in [9.17, 15) is 13.5 Å². The lowest BCUT2D eigenvalue weighted by Crippen LogP contribution is -2.31. The standard InChI is InChI=1S/C10H14N2O3S/c11-7-1-3-8(4-2-7)12-9-5-16(14,15)6-10(9)13/h1-4,9-10,12-13H,5-6,11H2. The number of hydrogen-bond acceptors (Lipinski definition) is 5. The summed E-state index contributed by atoms with van der Waals surface area (Å²) in [6.45, 7) is 0. The number of nitrogens with one attached hydrogen (secondary N) is 1. The maximum atomic E-state index is 11.3. The molecule has 2 atom stereocenters. The molecule has 0 amide bonds. The molecule has 2 unspecified atom stereocenters. The molecule has 16 heavy (non-hydrogen) atoms. The Labute approximate surface area is 94.2 Å².